The molecule has 1 rings (SSSR count). The summed E-state index contributed by atoms with van der Waals surface area (Å²) in [7, 11) is 1.31. The zero-order valence-electron chi connectivity index (χ0n) is 7.93. The van der Waals surface area contributed by atoms with Crippen molar-refractivity contribution in [1.82, 2.24) is 0 Å². The SMILES string of the molecule is COc1ccc(Br)cc1C(F)(F)CC#N. The van der Waals surface area contributed by atoms with Crippen LogP contribution in [0.15, 0.2) is 22.7 Å². The molecule has 0 N–H and O–H groups in total. The number of halogens is 3. The van der Waals surface area contributed by atoms with E-state index < -0.39 is 12.3 Å². The highest BCUT2D eigenvalue weighted by Crippen LogP contribution is 2.38. The van der Waals surface area contributed by atoms with Crippen molar-refractivity contribution in [3.63, 3.8) is 0 Å². The van der Waals surface area contributed by atoms with Crippen LogP contribution in [0.4, 0.5) is 8.78 Å². The predicted octanol–water partition coefficient (Wildman–Crippen LogP) is 3.46. The standard InChI is InChI=1S/C10H8BrF2NO/c1-15-9-3-2-7(11)6-8(9)10(12,13)4-5-14/h2-3,6H,4H2,1H3. The number of nitriles is 1. The molecule has 0 aliphatic heterocycles. The van der Waals surface area contributed by atoms with E-state index in [1.54, 1.807) is 6.07 Å². The van der Waals surface area contributed by atoms with Crippen LogP contribution in [0.3, 0.4) is 0 Å². The Labute approximate surface area is 94.6 Å². The first kappa shape index (κ1) is 11.9. The summed E-state index contributed by atoms with van der Waals surface area (Å²) in [5.41, 5.74) is -0.277. The Balaban J connectivity index is 3.22. The van der Waals surface area contributed by atoms with Crippen molar-refractivity contribution in [2.75, 3.05) is 7.11 Å². The van der Waals surface area contributed by atoms with E-state index in [4.69, 9.17) is 10.00 Å². The van der Waals surface area contributed by atoms with Gasteiger partial charge in [-0.2, -0.15) is 5.26 Å². The quantitative estimate of drug-likeness (QED) is 0.846. The number of hydrogen-bond donors (Lipinski definition) is 0. The number of benzene rings is 1. The van der Waals surface area contributed by atoms with Crippen LogP contribution >= 0.6 is 15.9 Å². The Hall–Kier alpha value is -1.15. The van der Waals surface area contributed by atoms with Gasteiger partial charge in [-0.3, -0.25) is 0 Å². The summed E-state index contributed by atoms with van der Waals surface area (Å²) < 4.78 is 32.3. The molecule has 0 saturated carbocycles. The maximum absolute atomic E-state index is 13.5. The molecule has 80 valence electrons. The highest BCUT2D eigenvalue weighted by Gasteiger charge is 2.34. The first-order valence-electron chi connectivity index (χ1n) is 4.10. The summed E-state index contributed by atoms with van der Waals surface area (Å²) >= 11 is 3.10. The van der Waals surface area contributed by atoms with Gasteiger partial charge in [-0.25, -0.2) is 8.78 Å². The third kappa shape index (κ3) is 2.66. The molecule has 0 unspecified atom stereocenters. The molecule has 0 amide bonds. The number of ether oxygens (including phenoxy) is 1. The van der Waals surface area contributed by atoms with E-state index in [2.05, 4.69) is 15.9 Å². The van der Waals surface area contributed by atoms with Gasteiger partial charge in [0.25, 0.3) is 5.92 Å². The average molecular weight is 276 g/mol. The predicted molar refractivity (Wildman–Crippen MR) is 54.8 cm³/mol. The third-order valence-corrected chi connectivity index (χ3v) is 2.35. The van der Waals surface area contributed by atoms with Crippen molar-refractivity contribution in [1.29, 1.82) is 5.26 Å². The molecule has 2 nitrogen and oxygen atoms in total. The lowest BCUT2D eigenvalue weighted by Crippen LogP contribution is -2.13. The van der Waals surface area contributed by atoms with Crippen molar-refractivity contribution in [2.24, 2.45) is 0 Å². The maximum atomic E-state index is 13.5. The molecule has 0 heterocycles. The van der Waals surface area contributed by atoms with Crippen molar-refractivity contribution in [3.05, 3.63) is 28.2 Å². The lowest BCUT2D eigenvalue weighted by Gasteiger charge is -2.16. The molecule has 1 aromatic carbocycles. The zero-order valence-corrected chi connectivity index (χ0v) is 9.51. The number of methoxy groups -OCH3 is 1. The van der Waals surface area contributed by atoms with Gasteiger partial charge in [-0.1, -0.05) is 15.9 Å². The third-order valence-electron chi connectivity index (χ3n) is 1.86. The first-order chi connectivity index (χ1) is 7.01. The molecule has 0 atom stereocenters. The van der Waals surface area contributed by atoms with Crippen LogP contribution in [-0.4, -0.2) is 7.11 Å². The van der Waals surface area contributed by atoms with Gasteiger partial charge >= 0.3 is 0 Å². The largest absolute Gasteiger partial charge is 0.496 e. The van der Waals surface area contributed by atoms with Gasteiger partial charge in [0.1, 0.15) is 12.2 Å². The molecule has 0 radical (unpaired) electrons. The molecule has 1 aromatic rings. The minimum atomic E-state index is -3.19. The second-order valence-electron chi connectivity index (χ2n) is 2.88. The Kier molecular flexibility index (Phi) is 3.64. The molecule has 0 aliphatic carbocycles. The molecule has 0 aliphatic rings. The first-order valence-corrected chi connectivity index (χ1v) is 4.89. The van der Waals surface area contributed by atoms with Crippen LogP contribution < -0.4 is 4.74 Å². The van der Waals surface area contributed by atoms with Crippen LogP contribution in [0.25, 0.3) is 0 Å². The summed E-state index contributed by atoms with van der Waals surface area (Å²) in [5, 5.41) is 8.31. The van der Waals surface area contributed by atoms with E-state index in [-0.39, 0.29) is 11.3 Å². The number of rotatable bonds is 3. The highest BCUT2D eigenvalue weighted by atomic mass is 79.9. The van der Waals surface area contributed by atoms with E-state index in [1.165, 1.54) is 25.3 Å². The fourth-order valence-corrected chi connectivity index (χ4v) is 1.52. The lowest BCUT2D eigenvalue weighted by molar-refractivity contribution is -0.00133. The molecule has 0 fully saturated rings. The van der Waals surface area contributed by atoms with E-state index in [0.29, 0.717) is 4.47 Å². The van der Waals surface area contributed by atoms with Crippen molar-refractivity contribution < 1.29 is 13.5 Å². The maximum Gasteiger partial charge on any atom is 0.289 e. The second-order valence-corrected chi connectivity index (χ2v) is 3.80. The topological polar surface area (TPSA) is 33.0 Å². The van der Waals surface area contributed by atoms with Gasteiger partial charge in [-0.15, -0.1) is 0 Å². The van der Waals surface area contributed by atoms with Crippen LogP contribution in [0.2, 0.25) is 0 Å². The summed E-state index contributed by atoms with van der Waals surface area (Å²) in [5.74, 6) is -3.11. The fraction of sp³-hybridized carbons (Fsp3) is 0.300. The zero-order chi connectivity index (χ0) is 11.5. The smallest absolute Gasteiger partial charge is 0.289 e. The van der Waals surface area contributed by atoms with Gasteiger partial charge < -0.3 is 4.74 Å². The minimum absolute atomic E-state index is 0.0819. The summed E-state index contributed by atoms with van der Waals surface area (Å²) in [4.78, 5) is 0. The van der Waals surface area contributed by atoms with Crippen LogP contribution in [-0.2, 0) is 5.92 Å². The van der Waals surface area contributed by atoms with Gasteiger partial charge in [0.2, 0.25) is 0 Å². The Morgan fingerprint density at radius 3 is 2.73 bits per heavy atom. The van der Waals surface area contributed by atoms with Crippen molar-refractivity contribution in [3.8, 4) is 11.8 Å². The van der Waals surface area contributed by atoms with Crippen LogP contribution in [0.1, 0.15) is 12.0 Å². The molecule has 5 heteroatoms. The molecule has 0 aromatic heterocycles. The highest BCUT2D eigenvalue weighted by molar-refractivity contribution is 9.10. The number of alkyl halides is 2. The van der Waals surface area contributed by atoms with Crippen molar-refractivity contribution >= 4 is 15.9 Å². The van der Waals surface area contributed by atoms with E-state index in [1.807, 2.05) is 0 Å². The Bertz CT molecular complexity index is 401. The van der Waals surface area contributed by atoms with Gasteiger partial charge in [0, 0.05) is 4.47 Å². The van der Waals surface area contributed by atoms with Gasteiger partial charge in [0.05, 0.1) is 18.7 Å². The fourth-order valence-electron chi connectivity index (χ4n) is 1.16. The molecular formula is C10H8BrF2NO. The molecule has 15 heavy (non-hydrogen) atoms. The molecule has 0 saturated heterocycles. The van der Waals surface area contributed by atoms with Crippen LogP contribution in [0, 0.1) is 11.3 Å². The molecule has 0 bridgehead atoms. The second kappa shape index (κ2) is 4.58. The van der Waals surface area contributed by atoms with E-state index in [9.17, 15) is 8.78 Å². The number of nitrogens with zero attached hydrogens (tertiary/aromatic N) is 1. The van der Waals surface area contributed by atoms with Gasteiger partial charge in [0.15, 0.2) is 0 Å². The van der Waals surface area contributed by atoms with E-state index >= 15 is 0 Å². The normalized spacial score (nSPS) is 10.9. The molecule has 0 spiro atoms. The monoisotopic (exact) mass is 275 g/mol. The minimum Gasteiger partial charge on any atom is -0.496 e. The van der Waals surface area contributed by atoms with Crippen molar-refractivity contribution in [2.45, 2.75) is 12.3 Å². The molecular weight excluding hydrogens is 268 g/mol. The van der Waals surface area contributed by atoms with E-state index in [0.717, 1.165) is 0 Å². The summed E-state index contributed by atoms with van der Waals surface area (Å²) in [6.45, 7) is 0. The number of hydrogen-bond acceptors (Lipinski definition) is 2. The lowest BCUT2D eigenvalue weighted by atomic mass is 10.1. The summed E-state index contributed by atoms with van der Waals surface area (Å²) in [6.07, 6.45) is -0.861. The van der Waals surface area contributed by atoms with Crippen LogP contribution in [0.5, 0.6) is 5.75 Å². The average Bonchev–Trinajstić information content (AvgIpc) is 2.17. The summed E-state index contributed by atoms with van der Waals surface area (Å²) in [6, 6.07) is 5.75. The Morgan fingerprint density at radius 2 is 2.20 bits per heavy atom. The Morgan fingerprint density at radius 1 is 1.53 bits per heavy atom. The van der Waals surface area contributed by atoms with Gasteiger partial charge in [-0.05, 0) is 18.2 Å².